The lowest BCUT2D eigenvalue weighted by atomic mass is 9.99. The van der Waals surface area contributed by atoms with Gasteiger partial charge < -0.3 is 4.42 Å². The summed E-state index contributed by atoms with van der Waals surface area (Å²) in [4.78, 5) is 10.8. The molecule has 0 fully saturated rings. The van der Waals surface area contributed by atoms with Crippen LogP contribution in [0.5, 0.6) is 0 Å². The van der Waals surface area contributed by atoms with Gasteiger partial charge in [0.15, 0.2) is 0 Å². The van der Waals surface area contributed by atoms with Crippen LogP contribution in [0.3, 0.4) is 0 Å². The Balaban J connectivity index is 0.000000461. The van der Waals surface area contributed by atoms with Gasteiger partial charge in [-0.15, -0.1) is 0 Å². The van der Waals surface area contributed by atoms with Crippen LogP contribution in [0.2, 0.25) is 0 Å². The Morgan fingerprint density at radius 2 is 1.93 bits per heavy atom. The zero-order chi connectivity index (χ0) is 10.6. The molecule has 2 nitrogen and oxygen atoms in total. The van der Waals surface area contributed by atoms with Crippen molar-refractivity contribution in [1.29, 1.82) is 0 Å². The van der Waals surface area contributed by atoms with Crippen molar-refractivity contribution < 1.29 is 4.42 Å². The highest BCUT2D eigenvalue weighted by Gasteiger charge is 2.09. The highest BCUT2D eigenvalue weighted by Crippen LogP contribution is 2.21. The van der Waals surface area contributed by atoms with E-state index in [0.29, 0.717) is 0 Å². The lowest BCUT2D eigenvalue weighted by Gasteiger charge is -2.10. The second kappa shape index (κ2) is 4.80. The van der Waals surface area contributed by atoms with Gasteiger partial charge in [0.05, 0.1) is 0 Å². The van der Waals surface area contributed by atoms with Crippen LogP contribution in [0.1, 0.15) is 38.5 Å². The molecule has 0 N–H and O–H groups in total. The van der Waals surface area contributed by atoms with Crippen LogP contribution in [0, 0.1) is 0 Å². The van der Waals surface area contributed by atoms with E-state index >= 15 is 0 Å². The molecule has 0 unspecified atom stereocenters. The molecule has 0 bridgehead atoms. The van der Waals surface area contributed by atoms with Crippen molar-refractivity contribution in [1.82, 2.24) is 0 Å². The molecule has 0 aliphatic heterocycles. The molecule has 0 saturated carbocycles. The fourth-order valence-corrected chi connectivity index (χ4v) is 1.44. The molecular formula is C12H16O2. The Kier molecular flexibility index (Phi) is 3.69. The third-order valence-corrected chi connectivity index (χ3v) is 2.09. The number of fused-ring (bicyclic) bond motifs is 1. The first-order chi connectivity index (χ1) is 6.75. The lowest BCUT2D eigenvalue weighted by molar-refractivity contribution is 0.454. The lowest BCUT2D eigenvalue weighted by Crippen LogP contribution is -2.04. The first kappa shape index (κ1) is 10.8. The van der Waals surface area contributed by atoms with E-state index in [-0.39, 0.29) is 5.63 Å². The van der Waals surface area contributed by atoms with Crippen LogP contribution in [0.25, 0.3) is 6.08 Å². The maximum atomic E-state index is 10.8. The molecule has 76 valence electrons. The normalized spacial score (nSPS) is 13.5. The van der Waals surface area contributed by atoms with E-state index in [1.54, 1.807) is 0 Å². The summed E-state index contributed by atoms with van der Waals surface area (Å²) >= 11 is 0. The molecule has 0 aromatic carbocycles. The highest BCUT2D eigenvalue weighted by atomic mass is 16.4. The molecule has 0 saturated heterocycles. The summed E-state index contributed by atoms with van der Waals surface area (Å²) in [6.45, 7) is 6.09. The molecule has 2 rings (SSSR count). The molecule has 0 atom stereocenters. The standard InChI is InChI=1S/C10H10O2.C2H6/c1-7-2-4-9-8(6-7)3-5-10(11)12-9;1-2/h3,5-6H,2,4H2,1H3;1-2H3. The predicted octanol–water partition coefficient (Wildman–Crippen LogP) is 3.02. The third kappa shape index (κ3) is 2.34. The van der Waals surface area contributed by atoms with Gasteiger partial charge in [-0.3, -0.25) is 0 Å². The minimum absolute atomic E-state index is 0.248. The van der Waals surface area contributed by atoms with Crippen molar-refractivity contribution in [3.05, 3.63) is 39.4 Å². The van der Waals surface area contributed by atoms with Crippen LogP contribution in [-0.4, -0.2) is 0 Å². The first-order valence-corrected chi connectivity index (χ1v) is 5.06. The number of rotatable bonds is 0. The second-order valence-electron chi connectivity index (χ2n) is 3.12. The zero-order valence-corrected chi connectivity index (χ0v) is 8.96. The molecule has 0 spiro atoms. The van der Waals surface area contributed by atoms with E-state index in [1.165, 1.54) is 11.6 Å². The van der Waals surface area contributed by atoms with E-state index in [4.69, 9.17) is 4.42 Å². The molecular weight excluding hydrogens is 176 g/mol. The topological polar surface area (TPSA) is 30.2 Å². The first-order valence-electron chi connectivity index (χ1n) is 5.06. The van der Waals surface area contributed by atoms with Gasteiger partial charge in [-0.25, -0.2) is 4.79 Å². The van der Waals surface area contributed by atoms with Gasteiger partial charge in [-0.2, -0.15) is 0 Å². The zero-order valence-electron chi connectivity index (χ0n) is 8.96. The van der Waals surface area contributed by atoms with Crippen molar-refractivity contribution in [3.8, 4) is 0 Å². The van der Waals surface area contributed by atoms with Crippen LogP contribution in [0.15, 0.2) is 26.9 Å². The number of allylic oxidation sites excluding steroid dienone is 1. The van der Waals surface area contributed by atoms with Gasteiger partial charge in [0.2, 0.25) is 0 Å². The van der Waals surface area contributed by atoms with Crippen molar-refractivity contribution in [3.63, 3.8) is 0 Å². The largest absolute Gasteiger partial charge is 0.427 e. The van der Waals surface area contributed by atoms with Gasteiger partial charge in [0.1, 0.15) is 5.76 Å². The molecule has 2 heteroatoms. The SMILES string of the molecule is CC.CC1=Cc2ccc(=O)oc2CC1. The summed E-state index contributed by atoms with van der Waals surface area (Å²) < 4.78 is 5.05. The summed E-state index contributed by atoms with van der Waals surface area (Å²) in [7, 11) is 0. The Morgan fingerprint density at radius 3 is 2.64 bits per heavy atom. The van der Waals surface area contributed by atoms with E-state index in [0.717, 1.165) is 24.2 Å². The van der Waals surface area contributed by atoms with E-state index in [9.17, 15) is 4.79 Å². The number of hydrogen-bond donors (Lipinski definition) is 0. The third-order valence-electron chi connectivity index (χ3n) is 2.09. The smallest absolute Gasteiger partial charge is 0.335 e. The van der Waals surface area contributed by atoms with Crippen molar-refractivity contribution >= 4 is 6.08 Å². The fraction of sp³-hybridized carbons (Fsp3) is 0.417. The Bertz CT molecular complexity index is 386. The van der Waals surface area contributed by atoms with Crippen LogP contribution < -0.4 is 5.63 Å². The van der Waals surface area contributed by atoms with Crippen molar-refractivity contribution in [2.24, 2.45) is 0 Å². The van der Waals surface area contributed by atoms with Crippen LogP contribution >= 0.6 is 0 Å². The molecule has 1 heterocycles. The summed E-state index contributed by atoms with van der Waals surface area (Å²) in [6, 6.07) is 3.29. The maximum Gasteiger partial charge on any atom is 0.335 e. The molecule has 0 amide bonds. The fourth-order valence-electron chi connectivity index (χ4n) is 1.44. The number of hydrogen-bond acceptors (Lipinski definition) is 2. The average Bonchev–Trinajstić information content (AvgIpc) is 2.21. The molecule has 0 radical (unpaired) electrons. The van der Waals surface area contributed by atoms with Gasteiger partial charge in [-0.1, -0.05) is 25.5 Å². The second-order valence-corrected chi connectivity index (χ2v) is 3.12. The summed E-state index contributed by atoms with van der Waals surface area (Å²) in [6.07, 6.45) is 3.93. The van der Waals surface area contributed by atoms with Crippen LogP contribution in [-0.2, 0) is 6.42 Å². The van der Waals surface area contributed by atoms with Crippen molar-refractivity contribution in [2.45, 2.75) is 33.6 Å². The quantitative estimate of drug-likeness (QED) is 0.632. The highest BCUT2D eigenvalue weighted by molar-refractivity contribution is 5.56. The van der Waals surface area contributed by atoms with E-state index < -0.39 is 0 Å². The van der Waals surface area contributed by atoms with E-state index in [1.807, 2.05) is 19.9 Å². The van der Waals surface area contributed by atoms with Crippen molar-refractivity contribution in [2.75, 3.05) is 0 Å². The van der Waals surface area contributed by atoms with Gasteiger partial charge in [0, 0.05) is 18.1 Å². The van der Waals surface area contributed by atoms with Crippen LogP contribution in [0.4, 0.5) is 0 Å². The Hall–Kier alpha value is -1.31. The number of aryl methyl sites for hydroxylation is 1. The average molecular weight is 192 g/mol. The minimum atomic E-state index is -0.248. The minimum Gasteiger partial charge on any atom is -0.427 e. The summed E-state index contributed by atoms with van der Waals surface area (Å²) in [5.41, 5.74) is 2.15. The molecule has 1 aliphatic carbocycles. The molecule has 1 aromatic heterocycles. The monoisotopic (exact) mass is 192 g/mol. The summed E-state index contributed by atoms with van der Waals surface area (Å²) in [5.74, 6) is 0.827. The molecule has 1 aromatic rings. The van der Waals surface area contributed by atoms with Gasteiger partial charge >= 0.3 is 5.63 Å². The van der Waals surface area contributed by atoms with Gasteiger partial charge in [-0.05, 0) is 19.4 Å². The van der Waals surface area contributed by atoms with E-state index in [2.05, 4.69) is 13.0 Å². The predicted molar refractivity (Wildman–Crippen MR) is 58.3 cm³/mol. The maximum absolute atomic E-state index is 10.8. The Morgan fingerprint density at radius 1 is 1.21 bits per heavy atom. The summed E-state index contributed by atoms with van der Waals surface area (Å²) in [5, 5.41) is 0. The van der Waals surface area contributed by atoms with Gasteiger partial charge in [0.25, 0.3) is 0 Å². The Labute approximate surface area is 84.3 Å². The molecule has 14 heavy (non-hydrogen) atoms. The molecule has 1 aliphatic rings.